The number of rotatable bonds is 3. The summed E-state index contributed by atoms with van der Waals surface area (Å²) in [6, 6.07) is 0. The molecular formula is C20H26O7. The van der Waals surface area contributed by atoms with Crippen molar-refractivity contribution in [3.63, 3.8) is 0 Å². The van der Waals surface area contributed by atoms with Crippen molar-refractivity contribution in [2.45, 2.75) is 62.8 Å². The Morgan fingerprint density at radius 2 is 2.04 bits per heavy atom. The van der Waals surface area contributed by atoms with Gasteiger partial charge in [-0.15, -0.1) is 0 Å². The van der Waals surface area contributed by atoms with Crippen molar-refractivity contribution >= 4 is 11.9 Å². The minimum Gasteiger partial charge on any atom is -0.458 e. The van der Waals surface area contributed by atoms with Crippen LogP contribution in [0.3, 0.4) is 0 Å². The summed E-state index contributed by atoms with van der Waals surface area (Å²) in [5, 5.41) is 11.0. The van der Waals surface area contributed by atoms with Gasteiger partial charge in [0.1, 0.15) is 18.3 Å². The molecule has 2 bridgehead atoms. The Balaban J connectivity index is 2.05. The first-order valence-electron chi connectivity index (χ1n) is 8.88. The Morgan fingerprint density at radius 3 is 2.63 bits per heavy atom. The molecule has 0 aromatic heterocycles. The average molecular weight is 378 g/mol. The molecule has 27 heavy (non-hydrogen) atoms. The van der Waals surface area contributed by atoms with Crippen LogP contribution in [-0.4, -0.2) is 53.9 Å². The lowest BCUT2D eigenvalue weighted by atomic mass is 9.78. The lowest BCUT2D eigenvalue weighted by Gasteiger charge is -2.33. The third kappa shape index (κ3) is 3.35. The summed E-state index contributed by atoms with van der Waals surface area (Å²) in [6.07, 6.45) is -1.65. The molecule has 0 aromatic carbocycles. The monoisotopic (exact) mass is 378 g/mol. The molecule has 0 amide bonds. The zero-order chi connectivity index (χ0) is 20.1. The van der Waals surface area contributed by atoms with E-state index < -0.39 is 47.6 Å². The van der Waals surface area contributed by atoms with Gasteiger partial charge < -0.3 is 24.1 Å². The molecule has 0 aliphatic carbocycles. The summed E-state index contributed by atoms with van der Waals surface area (Å²) in [7, 11) is 1.50. The van der Waals surface area contributed by atoms with Crippen LogP contribution in [0.1, 0.15) is 33.1 Å². The number of carbonyl (C=O) groups excluding carboxylic acids is 2. The van der Waals surface area contributed by atoms with Crippen LogP contribution >= 0.6 is 0 Å². The van der Waals surface area contributed by atoms with E-state index in [0.29, 0.717) is 18.4 Å². The van der Waals surface area contributed by atoms with Gasteiger partial charge in [-0.1, -0.05) is 25.3 Å². The molecule has 7 heteroatoms. The summed E-state index contributed by atoms with van der Waals surface area (Å²) in [6.45, 7) is 14.7. The molecule has 0 spiro atoms. The van der Waals surface area contributed by atoms with Gasteiger partial charge in [0.25, 0.3) is 0 Å². The van der Waals surface area contributed by atoms with Crippen LogP contribution in [0.25, 0.3) is 0 Å². The van der Waals surface area contributed by atoms with E-state index in [0.717, 1.165) is 0 Å². The Hall–Kier alpha value is -1.96. The van der Waals surface area contributed by atoms with Crippen LogP contribution in [0, 0.1) is 5.92 Å². The molecule has 3 aliphatic rings. The van der Waals surface area contributed by atoms with Gasteiger partial charge >= 0.3 is 11.9 Å². The van der Waals surface area contributed by atoms with E-state index in [1.165, 1.54) is 7.11 Å². The van der Waals surface area contributed by atoms with Gasteiger partial charge in [-0.25, -0.2) is 9.59 Å². The number of hydrogen-bond acceptors (Lipinski definition) is 7. The Labute approximate surface area is 158 Å². The molecule has 3 saturated heterocycles. The predicted molar refractivity (Wildman–Crippen MR) is 95.4 cm³/mol. The quantitative estimate of drug-likeness (QED) is 0.455. The first-order chi connectivity index (χ1) is 12.5. The fraction of sp³-hybridized carbons (Fsp3) is 0.600. The van der Waals surface area contributed by atoms with Gasteiger partial charge in [-0.3, -0.25) is 0 Å². The highest BCUT2D eigenvalue weighted by atomic mass is 16.7. The molecule has 0 saturated carbocycles. The standard InChI is InChI=1S/C20H26O7/c1-10(2)17(21)25-13-7-11(3)8-20(24-6)9-19(5,23)16(27-20)15-14(13)12(4)18(22)26-15/h13-16,23H,1,3-4,7-9H2,2,5-6H3/t13-,14+,15-,16-,19+,20-/m0/s1. The second-order valence-electron chi connectivity index (χ2n) is 7.96. The minimum absolute atomic E-state index is 0.184. The highest BCUT2D eigenvalue weighted by Crippen LogP contribution is 2.50. The number of aliphatic hydroxyl groups is 1. The fourth-order valence-corrected chi connectivity index (χ4v) is 4.27. The normalized spacial score (nSPS) is 41.3. The number of fused-ring (bicyclic) bond motifs is 4. The summed E-state index contributed by atoms with van der Waals surface area (Å²) in [5.74, 6) is -2.92. The molecule has 6 atom stereocenters. The van der Waals surface area contributed by atoms with Crippen molar-refractivity contribution in [3.8, 4) is 0 Å². The third-order valence-electron chi connectivity index (χ3n) is 5.53. The van der Waals surface area contributed by atoms with Crippen molar-refractivity contribution in [2.75, 3.05) is 7.11 Å². The molecule has 148 valence electrons. The maximum absolute atomic E-state index is 12.3. The molecule has 0 radical (unpaired) electrons. The average Bonchev–Trinajstić information content (AvgIpc) is 3.01. The fourth-order valence-electron chi connectivity index (χ4n) is 4.27. The number of methoxy groups -OCH3 is 1. The van der Waals surface area contributed by atoms with E-state index in [1.54, 1.807) is 13.8 Å². The summed E-state index contributed by atoms with van der Waals surface area (Å²) in [4.78, 5) is 24.4. The van der Waals surface area contributed by atoms with Crippen molar-refractivity contribution in [1.82, 2.24) is 0 Å². The third-order valence-corrected chi connectivity index (χ3v) is 5.53. The zero-order valence-corrected chi connectivity index (χ0v) is 15.9. The topological polar surface area (TPSA) is 91.3 Å². The van der Waals surface area contributed by atoms with E-state index in [1.807, 2.05) is 0 Å². The predicted octanol–water partition coefficient (Wildman–Crippen LogP) is 1.80. The Kier molecular flexibility index (Phi) is 4.82. The molecule has 7 nitrogen and oxygen atoms in total. The van der Waals surface area contributed by atoms with E-state index >= 15 is 0 Å². The second kappa shape index (κ2) is 6.58. The van der Waals surface area contributed by atoms with Gasteiger partial charge in [0, 0.05) is 37.5 Å². The van der Waals surface area contributed by atoms with Crippen LogP contribution in [0.2, 0.25) is 0 Å². The van der Waals surface area contributed by atoms with Crippen molar-refractivity contribution < 1.29 is 33.6 Å². The van der Waals surface area contributed by atoms with E-state index in [9.17, 15) is 14.7 Å². The van der Waals surface area contributed by atoms with Crippen LogP contribution < -0.4 is 0 Å². The zero-order valence-electron chi connectivity index (χ0n) is 15.9. The summed E-state index contributed by atoms with van der Waals surface area (Å²) < 4.78 is 22.8. The minimum atomic E-state index is -1.32. The molecule has 3 rings (SSSR count). The molecule has 3 heterocycles. The highest BCUT2D eigenvalue weighted by Gasteiger charge is 2.62. The largest absolute Gasteiger partial charge is 0.458 e. The van der Waals surface area contributed by atoms with Crippen LogP contribution in [0.15, 0.2) is 36.5 Å². The smallest absolute Gasteiger partial charge is 0.334 e. The van der Waals surface area contributed by atoms with Gasteiger partial charge in [0.05, 0.1) is 11.5 Å². The van der Waals surface area contributed by atoms with E-state index in [4.69, 9.17) is 18.9 Å². The molecule has 1 N–H and O–H groups in total. The maximum Gasteiger partial charge on any atom is 0.334 e. The van der Waals surface area contributed by atoms with E-state index in [-0.39, 0.29) is 17.6 Å². The lowest BCUT2D eigenvalue weighted by molar-refractivity contribution is -0.229. The van der Waals surface area contributed by atoms with Gasteiger partial charge in [0.2, 0.25) is 0 Å². The molecule has 3 fully saturated rings. The Bertz CT molecular complexity index is 722. The lowest BCUT2D eigenvalue weighted by Crippen LogP contribution is -2.49. The molecule has 0 unspecified atom stereocenters. The van der Waals surface area contributed by atoms with Gasteiger partial charge in [0.15, 0.2) is 5.79 Å². The summed E-state index contributed by atoms with van der Waals surface area (Å²) >= 11 is 0. The summed E-state index contributed by atoms with van der Waals surface area (Å²) in [5.41, 5.74) is -0.181. The maximum atomic E-state index is 12.3. The van der Waals surface area contributed by atoms with Crippen molar-refractivity contribution in [3.05, 3.63) is 36.5 Å². The number of carbonyl (C=O) groups is 2. The Morgan fingerprint density at radius 1 is 1.37 bits per heavy atom. The van der Waals surface area contributed by atoms with E-state index in [2.05, 4.69) is 19.7 Å². The van der Waals surface area contributed by atoms with Gasteiger partial charge in [-0.2, -0.15) is 0 Å². The van der Waals surface area contributed by atoms with Gasteiger partial charge in [-0.05, 0) is 13.8 Å². The van der Waals surface area contributed by atoms with Crippen LogP contribution in [-0.2, 0) is 28.5 Å². The number of esters is 2. The van der Waals surface area contributed by atoms with Crippen LogP contribution in [0.4, 0.5) is 0 Å². The second-order valence-corrected chi connectivity index (χ2v) is 7.96. The van der Waals surface area contributed by atoms with Crippen molar-refractivity contribution in [2.24, 2.45) is 5.92 Å². The number of hydrogen-bond donors (Lipinski definition) is 1. The van der Waals surface area contributed by atoms with Crippen LogP contribution in [0.5, 0.6) is 0 Å². The molecule has 3 aliphatic heterocycles. The SMILES string of the molecule is C=C1C[C@H](OC(=O)C(=C)C)[C@H]2C(=C)C(=O)O[C@@H]2[C@@H]2O[C@@](OC)(C1)C[C@@]2(C)O. The number of ether oxygens (including phenoxy) is 4. The first-order valence-corrected chi connectivity index (χ1v) is 8.88. The highest BCUT2D eigenvalue weighted by molar-refractivity contribution is 5.91. The molecular weight excluding hydrogens is 352 g/mol. The first kappa shape index (κ1) is 19.8. The van der Waals surface area contributed by atoms with Crippen molar-refractivity contribution in [1.29, 1.82) is 0 Å². The molecule has 0 aromatic rings.